The van der Waals surface area contributed by atoms with Gasteiger partial charge in [-0.3, -0.25) is 19.2 Å². The number of nitrogens with zero attached hydrogens (tertiary/aromatic N) is 4. The lowest BCUT2D eigenvalue weighted by atomic mass is 9.73. The van der Waals surface area contributed by atoms with E-state index in [1.165, 1.54) is 231 Å². The van der Waals surface area contributed by atoms with E-state index in [1.54, 1.807) is 0 Å². The van der Waals surface area contributed by atoms with Gasteiger partial charge in [0.1, 0.15) is 24.4 Å². The van der Waals surface area contributed by atoms with Crippen LogP contribution in [0, 0.1) is 55.2 Å². The van der Waals surface area contributed by atoms with Crippen molar-refractivity contribution in [3.8, 4) is 0 Å². The number of esters is 4. The number of ether oxygens (including phenoxy) is 4. The maximum atomic E-state index is 16.3. The van der Waals surface area contributed by atoms with E-state index in [0.29, 0.717) is 12.1 Å². The minimum atomic E-state index is -1.41. The second-order valence-corrected chi connectivity index (χ2v) is 43.9. The third kappa shape index (κ3) is 38.8. The maximum Gasteiger partial charge on any atom is 0.310 e. The Hall–Kier alpha value is -2.28. The van der Waals surface area contributed by atoms with Crippen molar-refractivity contribution in [2.45, 2.75) is 510 Å². The van der Waals surface area contributed by atoms with E-state index >= 15 is 19.2 Å². The molecule has 0 aromatic heterocycles. The van der Waals surface area contributed by atoms with Crippen LogP contribution in [0.25, 0.3) is 0 Å². The molecule has 0 spiro atoms. The fourth-order valence-corrected chi connectivity index (χ4v) is 20.1. The molecule has 4 fully saturated rings. The first-order chi connectivity index (χ1) is 52.6. The molecule has 4 saturated heterocycles. The summed E-state index contributed by atoms with van der Waals surface area (Å²) in [5.41, 5.74) is -1.37. The molecular formula is C100H190N4O8. The lowest BCUT2D eigenvalue weighted by Gasteiger charge is -2.44. The zero-order valence-electron chi connectivity index (χ0n) is 79.0. The van der Waals surface area contributed by atoms with Crippen LogP contribution in [0.15, 0.2) is 0 Å². The number of hydrogen-bond acceptors (Lipinski definition) is 12. The van der Waals surface area contributed by atoms with Crippen LogP contribution in [-0.2, 0) is 38.1 Å². The van der Waals surface area contributed by atoms with Crippen molar-refractivity contribution in [2.24, 2.45) is 55.2 Å². The quantitative estimate of drug-likeness (QED) is 0.0328. The number of likely N-dealkylation sites (tertiary alicyclic amines) is 4. The first kappa shape index (κ1) is 102. The van der Waals surface area contributed by atoms with Gasteiger partial charge in [0.25, 0.3) is 0 Å². The lowest BCUT2D eigenvalue weighted by Crippen LogP contribution is -2.48. The zero-order valence-corrected chi connectivity index (χ0v) is 79.0. The van der Waals surface area contributed by atoms with Crippen LogP contribution in [0.1, 0.15) is 462 Å². The number of piperidine rings is 4. The summed E-state index contributed by atoms with van der Waals surface area (Å²) >= 11 is 0. The van der Waals surface area contributed by atoms with Crippen LogP contribution in [0.2, 0.25) is 0 Å². The molecule has 0 aromatic rings. The smallest absolute Gasteiger partial charge is 0.310 e. The van der Waals surface area contributed by atoms with E-state index in [2.05, 4.69) is 158 Å². The molecule has 12 heteroatoms. The molecule has 10 atom stereocenters. The Bertz CT molecular complexity index is 2380. The van der Waals surface area contributed by atoms with Gasteiger partial charge in [-0.15, -0.1) is 0 Å². The average molecular weight is 1580 g/mol. The summed E-state index contributed by atoms with van der Waals surface area (Å²) < 4.78 is 27.5. The van der Waals surface area contributed by atoms with E-state index in [1.807, 2.05) is 27.7 Å². The van der Waals surface area contributed by atoms with Gasteiger partial charge in [-0.1, -0.05) is 293 Å². The Morgan fingerprint density at radius 3 is 0.643 bits per heavy atom. The Balaban J connectivity index is 1.86. The Kier molecular flexibility index (Phi) is 46.2. The predicted molar refractivity (Wildman–Crippen MR) is 476 cm³/mol. The van der Waals surface area contributed by atoms with Crippen LogP contribution in [-0.4, -0.2) is 144 Å². The number of hydrogen-bond donors (Lipinski definition) is 0. The summed E-state index contributed by atoms with van der Waals surface area (Å²) in [6.07, 6.45) is 48.9. The molecule has 4 heterocycles. The standard InChI is InChI=1S/C100H190N4O8/c1-25-29-33-37-45-57-93(9,10)71-83(101-61-49-41-50-62-101)75-97(17,18)79(5)109-89(105)69-87(91(107)111-81(7)99(21,22)77-85(103-65-53-43-54-66-103)73-95(13,14)59-47-39-35-31-27-3)88(92(108)112-82(8)100(23,24)78-86(104-67-55-44-56-68-104)74-96(15,16)60-48-40-36-32-28-4)70-90(106)110-80(6)98(19,20)76-84(102-63-51-42-52-64-102)72-94(11,12)58-46-38-34-30-26-2/h79-88H,25-78H2,1-24H3. The molecule has 4 rings (SSSR count). The van der Waals surface area contributed by atoms with Crippen molar-refractivity contribution >= 4 is 23.9 Å². The monoisotopic (exact) mass is 1580 g/mol. The van der Waals surface area contributed by atoms with Gasteiger partial charge in [-0.2, -0.15) is 0 Å². The van der Waals surface area contributed by atoms with Crippen molar-refractivity contribution in [2.75, 3.05) is 52.4 Å². The predicted octanol–water partition coefficient (Wildman–Crippen LogP) is 26.9. The Morgan fingerprint density at radius 2 is 0.446 bits per heavy atom. The van der Waals surface area contributed by atoms with E-state index in [9.17, 15) is 0 Å². The first-order valence-electron chi connectivity index (χ1n) is 48.4. The summed E-state index contributed by atoms with van der Waals surface area (Å²) in [4.78, 5) is 74.6. The van der Waals surface area contributed by atoms with E-state index in [-0.39, 0.29) is 33.7 Å². The van der Waals surface area contributed by atoms with E-state index < -0.39 is 94.6 Å². The summed E-state index contributed by atoms with van der Waals surface area (Å²) in [7, 11) is 0. The van der Waals surface area contributed by atoms with Gasteiger partial charge >= 0.3 is 23.9 Å². The van der Waals surface area contributed by atoms with E-state index in [0.717, 1.165) is 104 Å². The number of unbranched alkanes of at least 4 members (excludes halogenated alkanes) is 16. The Labute approximate surface area is 695 Å². The number of rotatable bonds is 59. The molecule has 112 heavy (non-hydrogen) atoms. The fraction of sp³-hybridized carbons (Fsp3) is 0.960. The molecule has 0 radical (unpaired) electrons. The zero-order chi connectivity index (χ0) is 83.4. The third-order valence-corrected chi connectivity index (χ3v) is 29.1. The molecule has 0 N–H and O–H groups in total. The summed E-state index contributed by atoms with van der Waals surface area (Å²) in [6, 6.07) is 1.18. The van der Waals surface area contributed by atoms with E-state index in [4.69, 9.17) is 18.9 Å². The maximum absolute atomic E-state index is 16.3. The van der Waals surface area contributed by atoms with Crippen LogP contribution in [0.4, 0.5) is 0 Å². The summed E-state index contributed by atoms with van der Waals surface area (Å²) in [5.74, 6) is -5.29. The minimum absolute atomic E-state index is 0.123. The van der Waals surface area contributed by atoms with Crippen molar-refractivity contribution < 1.29 is 38.1 Å². The van der Waals surface area contributed by atoms with Crippen molar-refractivity contribution in [1.82, 2.24) is 19.6 Å². The summed E-state index contributed by atoms with van der Waals surface area (Å²) in [5, 5.41) is 0. The second kappa shape index (κ2) is 50.7. The molecule has 12 nitrogen and oxygen atoms in total. The molecule has 658 valence electrons. The summed E-state index contributed by atoms with van der Waals surface area (Å²) in [6.45, 7) is 63.5. The van der Waals surface area contributed by atoms with Gasteiger partial charge in [-0.25, -0.2) is 0 Å². The molecule has 0 bridgehead atoms. The van der Waals surface area contributed by atoms with Gasteiger partial charge < -0.3 is 38.5 Å². The second-order valence-electron chi connectivity index (χ2n) is 43.9. The number of carbonyl (C=O) groups is 4. The molecule has 0 saturated carbocycles. The van der Waals surface area contributed by atoms with Gasteiger partial charge in [0.05, 0.1) is 24.7 Å². The highest BCUT2D eigenvalue weighted by molar-refractivity contribution is 5.89. The molecule has 0 aliphatic carbocycles. The topological polar surface area (TPSA) is 118 Å². The van der Waals surface area contributed by atoms with Crippen molar-refractivity contribution in [1.29, 1.82) is 0 Å². The minimum Gasteiger partial charge on any atom is -0.462 e. The average Bonchev–Trinajstić information content (AvgIpc) is 0.847. The largest absolute Gasteiger partial charge is 0.462 e. The fourth-order valence-electron chi connectivity index (χ4n) is 20.1. The normalized spacial score (nSPS) is 19.8. The van der Waals surface area contributed by atoms with Gasteiger partial charge in [0.2, 0.25) is 0 Å². The lowest BCUT2D eigenvalue weighted by molar-refractivity contribution is -0.179. The molecule has 0 aromatic carbocycles. The third-order valence-electron chi connectivity index (χ3n) is 29.1. The Morgan fingerprint density at radius 1 is 0.259 bits per heavy atom. The van der Waals surface area contributed by atoms with Gasteiger partial charge in [0.15, 0.2) is 0 Å². The molecule has 0 amide bonds. The van der Waals surface area contributed by atoms with Crippen molar-refractivity contribution in [3.05, 3.63) is 0 Å². The van der Waals surface area contributed by atoms with Gasteiger partial charge in [-0.05, 0) is 230 Å². The van der Waals surface area contributed by atoms with Crippen molar-refractivity contribution in [3.63, 3.8) is 0 Å². The van der Waals surface area contributed by atoms with Crippen LogP contribution in [0.3, 0.4) is 0 Å². The van der Waals surface area contributed by atoms with Crippen LogP contribution < -0.4 is 0 Å². The molecular weight excluding hydrogens is 1390 g/mol. The van der Waals surface area contributed by atoms with Crippen LogP contribution in [0.5, 0.6) is 0 Å². The molecule has 4 aliphatic heterocycles. The highest BCUT2D eigenvalue weighted by Gasteiger charge is 2.48. The molecule has 4 aliphatic rings. The highest BCUT2D eigenvalue weighted by atomic mass is 16.6. The first-order valence-corrected chi connectivity index (χ1v) is 48.4. The SMILES string of the molecule is CCCCCCCC(C)(C)CC(CC(C)(C)C(C)OC(=O)CC(C(=O)OC(C)C(C)(C)CC(CC(C)(C)CCCCCCC)N1CCCCC1)C(CC(=O)OC(C)C(C)(C)CC(CC(C)(C)CCCCCCC)N1CCCCC1)C(=O)OC(C)C(C)(C)CC(CC(C)(C)CCCCCCC)N1CCCCC1)N1CCCCC1. The highest BCUT2D eigenvalue weighted by Crippen LogP contribution is 2.46. The number of carbonyl (C=O) groups excluding carboxylic acids is 4. The van der Waals surface area contributed by atoms with Gasteiger partial charge in [0, 0.05) is 45.8 Å². The molecule has 10 unspecified atom stereocenters. The van der Waals surface area contributed by atoms with Crippen LogP contribution >= 0.6 is 0 Å².